The molecule has 2 rings (SSSR count). The van der Waals surface area contributed by atoms with Crippen LogP contribution in [0.3, 0.4) is 0 Å². The van der Waals surface area contributed by atoms with Gasteiger partial charge in [0, 0.05) is 6.04 Å². The number of aromatic nitrogens is 1. The van der Waals surface area contributed by atoms with Crippen LogP contribution in [0.5, 0.6) is 0 Å². The molecule has 1 amide bonds. The van der Waals surface area contributed by atoms with E-state index >= 15 is 0 Å². The number of carbonyl (C=O) groups is 2. The normalized spacial score (nSPS) is 21.7. The fourth-order valence-electron chi connectivity index (χ4n) is 2.57. The van der Waals surface area contributed by atoms with Crippen LogP contribution < -0.4 is 10.9 Å². The summed E-state index contributed by atoms with van der Waals surface area (Å²) in [4.78, 5) is 36.1. The Morgan fingerprint density at radius 2 is 1.78 bits per heavy atom. The molecule has 0 saturated heterocycles. The molecule has 0 radical (unpaired) electrons. The Morgan fingerprint density at radius 1 is 1.17 bits per heavy atom. The molecule has 3 N–H and O–H groups in total. The zero-order chi connectivity index (χ0) is 17.2. The number of hydrogen-bond acceptors (Lipinski definition) is 3. The molecule has 1 aliphatic carbocycles. The van der Waals surface area contributed by atoms with Gasteiger partial charge in [-0.1, -0.05) is 0 Å². The van der Waals surface area contributed by atoms with Crippen LogP contribution in [0.2, 0.25) is 0 Å². The third-order valence-electron chi connectivity index (χ3n) is 3.87. The van der Waals surface area contributed by atoms with Gasteiger partial charge in [0.25, 0.3) is 11.5 Å². The molecule has 1 heterocycles. The Kier molecular flexibility index (Phi) is 4.76. The summed E-state index contributed by atoms with van der Waals surface area (Å²) in [5, 5.41) is 11.4. The number of alkyl halides is 3. The number of pyridine rings is 1. The number of halogens is 3. The Bertz CT molecular complexity index is 661. The highest BCUT2D eigenvalue weighted by molar-refractivity contribution is 5.94. The summed E-state index contributed by atoms with van der Waals surface area (Å²) in [6.07, 6.45) is -2.99. The van der Waals surface area contributed by atoms with Gasteiger partial charge in [0.15, 0.2) is 0 Å². The average molecular weight is 332 g/mol. The maximum Gasteiger partial charge on any atom is 0.431 e. The summed E-state index contributed by atoms with van der Waals surface area (Å²) >= 11 is 0. The predicted molar refractivity (Wildman–Crippen MR) is 72.9 cm³/mol. The van der Waals surface area contributed by atoms with Gasteiger partial charge in [0.2, 0.25) is 0 Å². The molecule has 0 atom stereocenters. The van der Waals surface area contributed by atoms with E-state index in [0.29, 0.717) is 31.7 Å². The number of nitrogens with one attached hydrogen (secondary N) is 2. The number of rotatable bonds is 3. The van der Waals surface area contributed by atoms with E-state index in [1.165, 1.54) is 0 Å². The number of aliphatic carboxylic acids is 1. The van der Waals surface area contributed by atoms with Crippen LogP contribution in [0.25, 0.3) is 0 Å². The summed E-state index contributed by atoms with van der Waals surface area (Å²) in [5.41, 5.74) is -2.74. The summed E-state index contributed by atoms with van der Waals surface area (Å²) < 4.78 is 37.4. The van der Waals surface area contributed by atoms with Crippen molar-refractivity contribution in [3.63, 3.8) is 0 Å². The number of H-pyrrole nitrogens is 1. The fourth-order valence-corrected chi connectivity index (χ4v) is 2.57. The van der Waals surface area contributed by atoms with Gasteiger partial charge >= 0.3 is 12.1 Å². The zero-order valence-electron chi connectivity index (χ0n) is 11.9. The summed E-state index contributed by atoms with van der Waals surface area (Å²) in [6, 6.07) is 1.18. The van der Waals surface area contributed by atoms with Gasteiger partial charge < -0.3 is 15.4 Å². The summed E-state index contributed by atoms with van der Waals surface area (Å²) in [5.74, 6) is -2.09. The number of hydrogen-bond donors (Lipinski definition) is 3. The molecule has 1 aromatic heterocycles. The van der Waals surface area contributed by atoms with Crippen LogP contribution in [0.1, 0.15) is 41.7 Å². The Labute approximate surface area is 128 Å². The molecule has 0 bridgehead atoms. The number of amides is 1. The Morgan fingerprint density at radius 3 is 2.26 bits per heavy atom. The number of carboxylic acid groups (broad SMARTS) is 1. The van der Waals surface area contributed by atoms with Crippen molar-refractivity contribution in [3.05, 3.63) is 33.7 Å². The second-order valence-electron chi connectivity index (χ2n) is 5.47. The minimum atomic E-state index is -4.69. The van der Waals surface area contributed by atoms with E-state index < -0.39 is 40.8 Å². The van der Waals surface area contributed by atoms with E-state index in [2.05, 4.69) is 5.32 Å². The van der Waals surface area contributed by atoms with Crippen molar-refractivity contribution < 1.29 is 27.9 Å². The third-order valence-corrected chi connectivity index (χ3v) is 3.87. The first-order valence-electron chi connectivity index (χ1n) is 7.02. The van der Waals surface area contributed by atoms with Crippen molar-refractivity contribution in [3.8, 4) is 0 Å². The lowest BCUT2D eigenvalue weighted by Gasteiger charge is -2.26. The van der Waals surface area contributed by atoms with E-state index in [-0.39, 0.29) is 6.04 Å². The van der Waals surface area contributed by atoms with Gasteiger partial charge in [-0.15, -0.1) is 0 Å². The molecule has 0 unspecified atom stereocenters. The van der Waals surface area contributed by atoms with Crippen molar-refractivity contribution in [1.29, 1.82) is 0 Å². The van der Waals surface area contributed by atoms with E-state index in [9.17, 15) is 27.6 Å². The second kappa shape index (κ2) is 6.43. The SMILES string of the molecule is O=C(NC1CCC(C(=O)O)CC1)c1ccc(C(F)(F)F)[nH]c1=O. The van der Waals surface area contributed by atoms with Crippen LogP contribution in [-0.2, 0) is 11.0 Å². The largest absolute Gasteiger partial charge is 0.481 e. The third kappa shape index (κ3) is 4.11. The highest BCUT2D eigenvalue weighted by Crippen LogP contribution is 2.27. The van der Waals surface area contributed by atoms with Gasteiger partial charge in [-0.3, -0.25) is 14.4 Å². The quantitative estimate of drug-likeness (QED) is 0.785. The number of carbonyl (C=O) groups excluding carboxylic acids is 1. The molecule has 1 saturated carbocycles. The molecule has 23 heavy (non-hydrogen) atoms. The van der Waals surface area contributed by atoms with Crippen molar-refractivity contribution in [2.75, 3.05) is 0 Å². The Balaban J connectivity index is 2.02. The van der Waals surface area contributed by atoms with E-state index in [1.54, 1.807) is 4.98 Å². The summed E-state index contributed by atoms with van der Waals surface area (Å²) in [7, 11) is 0. The van der Waals surface area contributed by atoms with Gasteiger partial charge in [0.1, 0.15) is 11.3 Å². The fraction of sp³-hybridized carbons (Fsp3) is 0.500. The average Bonchev–Trinajstić information content (AvgIpc) is 2.46. The molecular formula is C14H15F3N2O4. The lowest BCUT2D eigenvalue weighted by atomic mass is 9.86. The van der Waals surface area contributed by atoms with Crippen LogP contribution in [0, 0.1) is 5.92 Å². The summed E-state index contributed by atoms with van der Waals surface area (Å²) in [6.45, 7) is 0. The van der Waals surface area contributed by atoms with Crippen molar-refractivity contribution in [2.45, 2.75) is 37.9 Å². The lowest BCUT2D eigenvalue weighted by molar-refractivity contribution is -0.143. The van der Waals surface area contributed by atoms with Gasteiger partial charge in [-0.25, -0.2) is 0 Å². The lowest BCUT2D eigenvalue weighted by Crippen LogP contribution is -2.40. The standard InChI is InChI=1S/C14H15F3N2O4/c15-14(16,17)10-6-5-9(12(21)19-10)11(20)18-8-3-1-7(2-4-8)13(22)23/h5-8H,1-4H2,(H,18,20)(H,19,21)(H,22,23). The maximum absolute atomic E-state index is 12.5. The van der Waals surface area contributed by atoms with Crippen molar-refractivity contribution in [1.82, 2.24) is 10.3 Å². The Hall–Kier alpha value is -2.32. The minimum Gasteiger partial charge on any atom is -0.481 e. The molecule has 6 nitrogen and oxygen atoms in total. The first-order valence-corrected chi connectivity index (χ1v) is 7.02. The van der Waals surface area contributed by atoms with Crippen LogP contribution in [0.4, 0.5) is 13.2 Å². The first kappa shape index (κ1) is 17.0. The number of aromatic amines is 1. The predicted octanol–water partition coefficient (Wildman–Crippen LogP) is 1.77. The molecule has 0 spiro atoms. The van der Waals surface area contributed by atoms with E-state index in [0.717, 1.165) is 6.07 Å². The highest BCUT2D eigenvalue weighted by atomic mass is 19.4. The van der Waals surface area contributed by atoms with Crippen LogP contribution in [-0.4, -0.2) is 28.0 Å². The smallest absolute Gasteiger partial charge is 0.431 e. The molecule has 126 valence electrons. The molecule has 1 aliphatic rings. The van der Waals surface area contributed by atoms with Gasteiger partial charge in [-0.05, 0) is 37.8 Å². The number of carboxylic acids is 1. The van der Waals surface area contributed by atoms with Crippen LogP contribution in [0.15, 0.2) is 16.9 Å². The monoisotopic (exact) mass is 332 g/mol. The highest BCUT2D eigenvalue weighted by Gasteiger charge is 2.32. The molecule has 1 fully saturated rings. The van der Waals surface area contributed by atoms with Crippen molar-refractivity contribution >= 4 is 11.9 Å². The molecule has 1 aromatic rings. The molecular weight excluding hydrogens is 317 g/mol. The molecule has 0 aromatic carbocycles. The maximum atomic E-state index is 12.5. The topological polar surface area (TPSA) is 99.3 Å². The van der Waals surface area contributed by atoms with Crippen molar-refractivity contribution in [2.24, 2.45) is 5.92 Å². The minimum absolute atomic E-state index is 0.292. The van der Waals surface area contributed by atoms with E-state index in [4.69, 9.17) is 5.11 Å². The second-order valence-corrected chi connectivity index (χ2v) is 5.47. The van der Waals surface area contributed by atoms with Gasteiger partial charge in [0.05, 0.1) is 5.92 Å². The zero-order valence-corrected chi connectivity index (χ0v) is 11.9. The van der Waals surface area contributed by atoms with Crippen LogP contribution >= 0.6 is 0 Å². The molecule has 0 aliphatic heterocycles. The molecule has 9 heteroatoms. The van der Waals surface area contributed by atoms with Gasteiger partial charge in [-0.2, -0.15) is 13.2 Å². The first-order chi connectivity index (χ1) is 10.7. The van der Waals surface area contributed by atoms with E-state index in [1.807, 2.05) is 0 Å².